The van der Waals surface area contributed by atoms with Gasteiger partial charge in [-0.2, -0.15) is 5.10 Å². The summed E-state index contributed by atoms with van der Waals surface area (Å²) in [6.45, 7) is 2.01. The smallest absolute Gasteiger partial charge is 0.275 e. The van der Waals surface area contributed by atoms with E-state index in [0.29, 0.717) is 5.02 Å². The van der Waals surface area contributed by atoms with Crippen LogP contribution in [0.3, 0.4) is 0 Å². The number of rotatable bonds is 4. The molecule has 0 unspecified atom stereocenters. The molecular formula is C11H13ClN2O2. The van der Waals surface area contributed by atoms with E-state index < -0.39 is 5.91 Å². The molecule has 0 heterocycles. The minimum Gasteiger partial charge on any atom is -0.507 e. The molecule has 86 valence electrons. The Morgan fingerprint density at radius 3 is 3.06 bits per heavy atom. The molecule has 2 N–H and O–H groups in total. The lowest BCUT2D eigenvalue weighted by Crippen LogP contribution is -2.17. The summed E-state index contributed by atoms with van der Waals surface area (Å²) in [5.41, 5.74) is 2.43. The number of phenols is 1. The second-order valence-corrected chi connectivity index (χ2v) is 3.64. The molecule has 0 aliphatic rings. The van der Waals surface area contributed by atoms with Crippen molar-refractivity contribution in [2.75, 3.05) is 0 Å². The topological polar surface area (TPSA) is 61.7 Å². The molecule has 0 aliphatic carbocycles. The van der Waals surface area contributed by atoms with Crippen LogP contribution in [0.15, 0.2) is 23.3 Å². The third-order valence-electron chi connectivity index (χ3n) is 1.88. The van der Waals surface area contributed by atoms with E-state index in [1.54, 1.807) is 6.21 Å². The van der Waals surface area contributed by atoms with Gasteiger partial charge in [-0.05, 0) is 24.6 Å². The number of unbranched alkanes of at least 4 members (excludes halogenated alkanes) is 1. The number of carbonyl (C=O) groups is 1. The number of benzene rings is 1. The van der Waals surface area contributed by atoms with Gasteiger partial charge < -0.3 is 5.11 Å². The molecule has 4 nitrogen and oxygen atoms in total. The van der Waals surface area contributed by atoms with Crippen LogP contribution in [0.25, 0.3) is 0 Å². The number of hydrazone groups is 1. The number of aromatic hydroxyl groups is 1. The van der Waals surface area contributed by atoms with Gasteiger partial charge in [0, 0.05) is 11.2 Å². The van der Waals surface area contributed by atoms with Crippen molar-refractivity contribution in [3.8, 4) is 5.75 Å². The molecule has 0 atom stereocenters. The predicted octanol–water partition coefficient (Wildman–Crippen LogP) is 2.56. The summed E-state index contributed by atoms with van der Waals surface area (Å²) in [7, 11) is 0. The van der Waals surface area contributed by atoms with Gasteiger partial charge in [-0.25, -0.2) is 5.43 Å². The molecule has 16 heavy (non-hydrogen) atoms. The van der Waals surface area contributed by atoms with Gasteiger partial charge in [0.1, 0.15) is 5.75 Å². The Kier molecular flexibility index (Phi) is 4.79. The molecular weight excluding hydrogens is 228 g/mol. The summed E-state index contributed by atoms with van der Waals surface area (Å²) in [6, 6.07) is 4.27. The maximum atomic E-state index is 11.5. The fraction of sp³-hybridized carbons (Fsp3) is 0.273. The largest absolute Gasteiger partial charge is 0.507 e. The van der Waals surface area contributed by atoms with Crippen LogP contribution >= 0.6 is 11.6 Å². The number of hydrogen-bond donors (Lipinski definition) is 2. The molecule has 1 amide bonds. The molecule has 0 saturated carbocycles. The number of amides is 1. The Morgan fingerprint density at radius 2 is 2.38 bits per heavy atom. The molecule has 0 saturated heterocycles. The Balaban J connectivity index is 2.69. The molecule has 1 aromatic carbocycles. The van der Waals surface area contributed by atoms with Gasteiger partial charge in [-0.1, -0.05) is 24.9 Å². The number of nitrogens with one attached hydrogen (secondary N) is 1. The van der Waals surface area contributed by atoms with E-state index in [2.05, 4.69) is 10.5 Å². The van der Waals surface area contributed by atoms with Gasteiger partial charge in [-0.3, -0.25) is 4.79 Å². The fourth-order valence-electron chi connectivity index (χ4n) is 1.05. The lowest BCUT2D eigenvalue weighted by Gasteiger charge is -2.02. The predicted molar refractivity (Wildman–Crippen MR) is 64.0 cm³/mol. The Labute approximate surface area is 98.9 Å². The molecule has 0 aliphatic heterocycles. The van der Waals surface area contributed by atoms with E-state index in [-0.39, 0.29) is 11.3 Å². The van der Waals surface area contributed by atoms with Crippen LogP contribution in [0.2, 0.25) is 5.02 Å². The first-order valence-corrected chi connectivity index (χ1v) is 5.33. The second kappa shape index (κ2) is 6.12. The summed E-state index contributed by atoms with van der Waals surface area (Å²) in [6.07, 6.45) is 3.36. The van der Waals surface area contributed by atoms with Crippen molar-refractivity contribution in [3.05, 3.63) is 28.8 Å². The zero-order valence-electron chi connectivity index (χ0n) is 8.90. The quantitative estimate of drug-likeness (QED) is 0.628. The fourth-order valence-corrected chi connectivity index (χ4v) is 1.22. The van der Waals surface area contributed by atoms with Crippen molar-refractivity contribution < 1.29 is 9.90 Å². The van der Waals surface area contributed by atoms with Crippen LogP contribution in [-0.2, 0) is 0 Å². The molecule has 0 fully saturated rings. The first-order chi connectivity index (χ1) is 7.65. The van der Waals surface area contributed by atoms with E-state index >= 15 is 0 Å². The number of phenolic OH excluding ortho intramolecular Hbond substituents is 1. The normalized spacial score (nSPS) is 10.6. The monoisotopic (exact) mass is 240 g/mol. The van der Waals surface area contributed by atoms with E-state index in [1.807, 2.05) is 6.92 Å². The summed E-state index contributed by atoms with van der Waals surface area (Å²) < 4.78 is 0. The maximum Gasteiger partial charge on any atom is 0.275 e. The van der Waals surface area contributed by atoms with Crippen LogP contribution in [0, 0.1) is 0 Å². The van der Waals surface area contributed by atoms with E-state index in [9.17, 15) is 9.90 Å². The van der Waals surface area contributed by atoms with E-state index in [0.717, 1.165) is 12.8 Å². The van der Waals surface area contributed by atoms with Crippen LogP contribution in [0.1, 0.15) is 30.1 Å². The first kappa shape index (κ1) is 12.5. The molecule has 1 aromatic rings. The Morgan fingerprint density at radius 1 is 1.62 bits per heavy atom. The molecule has 0 spiro atoms. The van der Waals surface area contributed by atoms with Crippen molar-refractivity contribution in [2.24, 2.45) is 5.10 Å². The average Bonchev–Trinajstić information content (AvgIpc) is 2.27. The number of nitrogens with zero attached hydrogens (tertiary/aromatic N) is 1. The van der Waals surface area contributed by atoms with Gasteiger partial charge in [0.25, 0.3) is 5.91 Å². The Hall–Kier alpha value is -1.55. The van der Waals surface area contributed by atoms with Gasteiger partial charge in [0.15, 0.2) is 0 Å². The van der Waals surface area contributed by atoms with Gasteiger partial charge in [0.05, 0.1) is 5.56 Å². The van der Waals surface area contributed by atoms with Crippen molar-refractivity contribution in [1.82, 2.24) is 5.43 Å². The minimum atomic E-state index is -0.479. The van der Waals surface area contributed by atoms with Crippen molar-refractivity contribution in [3.63, 3.8) is 0 Å². The lowest BCUT2D eigenvalue weighted by molar-refractivity contribution is 0.0952. The van der Waals surface area contributed by atoms with Gasteiger partial charge >= 0.3 is 0 Å². The summed E-state index contributed by atoms with van der Waals surface area (Å²) in [5.74, 6) is -0.597. The first-order valence-electron chi connectivity index (χ1n) is 4.95. The molecule has 0 radical (unpaired) electrons. The molecule has 1 rings (SSSR count). The highest BCUT2D eigenvalue weighted by Crippen LogP contribution is 2.21. The zero-order valence-corrected chi connectivity index (χ0v) is 9.66. The van der Waals surface area contributed by atoms with E-state index in [4.69, 9.17) is 11.6 Å². The lowest BCUT2D eigenvalue weighted by atomic mass is 10.2. The van der Waals surface area contributed by atoms with Gasteiger partial charge in [0.2, 0.25) is 0 Å². The maximum absolute atomic E-state index is 11.5. The average molecular weight is 241 g/mol. The SMILES string of the molecule is CCC/C=N/NC(=O)c1cc(Cl)ccc1O. The van der Waals surface area contributed by atoms with Crippen molar-refractivity contribution >= 4 is 23.7 Å². The Bertz CT molecular complexity index is 405. The zero-order chi connectivity index (χ0) is 12.0. The number of hydrogen-bond acceptors (Lipinski definition) is 3. The standard InChI is InChI=1S/C11H13ClN2O2/c1-2-3-6-13-14-11(16)9-7-8(12)4-5-10(9)15/h4-7,15H,2-3H2,1H3,(H,14,16)/b13-6+. The third-order valence-corrected chi connectivity index (χ3v) is 2.11. The third kappa shape index (κ3) is 3.55. The van der Waals surface area contributed by atoms with E-state index in [1.165, 1.54) is 18.2 Å². The highest BCUT2D eigenvalue weighted by atomic mass is 35.5. The van der Waals surface area contributed by atoms with Gasteiger partial charge in [-0.15, -0.1) is 0 Å². The van der Waals surface area contributed by atoms with Crippen molar-refractivity contribution in [2.45, 2.75) is 19.8 Å². The number of carbonyl (C=O) groups excluding carboxylic acids is 1. The molecule has 5 heteroatoms. The molecule has 0 bridgehead atoms. The summed E-state index contributed by atoms with van der Waals surface area (Å²) in [4.78, 5) is 11.5. The summed E-state index contributed by atoms with van der Waals surface area (Å²) in [5, 5.41) is 13.6. The van der Waals surface area contributed by atoms with Crippen LogP contribution in [-0.4, -0.2) is 17.2 Å². The second-order valence-electron chi connectivity index (χ2n) is 3.20. The molecule has 0 aromatic heterocycles. The minimum absolute atomic E-state index is 0.112. The number of halogens is 1. The van der Waals surface area contributed by atoms with Crippen LogP contribution in [0.4, 0.5) is 0 Å². The van der Waals surface area contributed by atoms with Crippen molar-refractivity contribution in [1.29, 1.82) is 0 Å². The highest BCUT2D eigenvalue weighted by Gasteiger charge is 2.10. The highest BCUT2D eigenvalue weighted by molar-refractivity contribution is 6.31. The summed E-state index contributed by atoms with van der Waals surface area (Å²) >= 11 is 5.72. The van der Waals surface area contributed by atoms with Crippen LogP contribution in [0.5, 0.6) is 5.75 Å². The van der Waals surface area contributed by atoms with Crippen LogP contribution < -0.4 is 5.43 Å².